The normalized spacial score (nSPS) is 14.6. The number of aryl methyl sites for hydroxylation is 1. The molecule has 1 aliphatic heterocycles. The molecule has 1 unspecified atom stereocenters. The van der Waals surface area contributed by atoms with Crippen LogP contribution in [0.4, 0.5) is 0 Å². The first-order valence-electron chi connectivity index (χ1n) is 7.45. The first-order chi connectivity index (χ1) is 10.2. The minimum absolute atomic E-state index is 0.109. The van der Waals surface area contributed by atoms with Crippen LogP contribution in [0.15, 0.2) is 47.4 Å². The predicted octanol–water partition coefficient (Wildman–Crippen LogP) is 3.98. The minimum atomic E-state index is 0.109. The Kier molecular flexibility index (Phi) is 4.51. The summed E-state index contributed by atoms with van der Waals surface area (Å²) in [7, 11) is 0. The molecule has 0 spiro atoms. The van der Waals surface area contributed by atoms with E-state index >= 15 is 0 Å². The summed E-state index contributed by atoms with van der Waals surface area (Å²) in [6, 6.07) is 15.3. The van der Waals surface area contributed by atoms with E-state index in [0.29, 0.717) is 0 Å². The second-order valence-corrected chi connectivity index (χ2v) is 6.67. The molecule has 0 amide bonds. The zero-order valence-electron chi connectivity index (χ0n) is 12.3. The van der Waals surface area contributed by atoms with Crippen molar-refractivity contribution in [1.29, 1.82) is 0 Å². The maximum absolute atomic E-state index is 5.87. The van der Waals surface area contributed by atoms with E-state index in [0.717, 1.165) is 31.0 Å². The van der Waals surface area contributed by atoms with Gasteiger partial charge in [0.2, 0.25) is 0 Å². The van der Waals surface area contributed by atoms with Crippen molar-refractivity contribution in [2.45, 2.75) is 30.7 Å². The van der Waals surface area contributed by atoms with E-state index in [9.17, 15) is 0 Å². The summed E-state index contributed by atoms with van der Waals surface area (Å²) in [5, 5.41) is 0. The van der Waals surface area contributed by atoms with Crippen molar-refractivity contribution < 1.29 is 4.74 Å². The van der Waals surface area contributed by atoms with Crippen molar-refractivity contribution in [3.05, 3.63) is 59.2 Å². The molecule has 3 rings (SSSR count). The highest BCUT2D eigenvalue weighted by molar-refractivity contribution is 7.99. The zero-order chi connectivity index (χ0) is 14.7. The van der Waals surface area contributed by atoms with Crippen LogP contribution in [0.3, 0.4) is 0 Å². The first kappa shape index (κ1) is 14.5. The molecule has 2 N–H and O–H groups in total. The van der Waals surface area contributed by atoms with Gasteiger partial charge in [-0.25, -0.2) is 0 Å². The standard InChI is InChI=1S/C18H21NOS/c1-13(19)15-3-5-17(6-4-15)21-11-9-14-2-7-18-16(12-14)8-10-20-18/h2-7,12-13H,8-11,19H2,1H3. The Morgan fingerprint density at radius 1 is 1.19 bits per heavy atom. The van der Waals surface area contributed by atoms with E-state index in [2.05, 4.69) is 42.5 Å². The molecule has 3 heteroatoms. The molecule has 2 aromatic rings. The Labute approximate surface area is 130 Å². The number of benzene rings is 2. The van der Waals surface area contributed by atoms with Crippen LogP contribution in [0.5, 0.6) is 5.75 Å². The fraction of sp³-hybridized carbons (Fsp3) is 0.333. The van der Waals surface area contributed by atoms with E-state index in [-0.39, 0.29) is 6.04 Å². The molecule has 1 heterocycles. The molecule has 21 heavy (non-hydrogen) atoms. The van der Waals surface area contributed by atoms with Crippen LogP contribution in [0, 0.1) is 0 Å². The van der Waals surface area contributed by atoms with Gasteiger partial charge < -0.3 is 10.5 Å². The molecule has 110 valence electrons. The van der Waals surface area contributed by atoms with Crippen molar-refractivity contribution in [1.82, 2.24) is 0 Å². The molecule has 2 aromatic carbocycles. The molecule has 0 aromatic heterocycles. The van der Waals surface area contributed by atoms with Gasteiger partial charge in [-0.2, -0.15) is 0 Å². The molecule has 2 nitrogen and oxygen atoms in total. The van der Waals surface area contributed by atoms with Gasteiger partial charge in [0.05, 0.1) is 6.61 Å². The third kappa shape index (κ3) is 3.60. The summed E-state index contributed by atoms with van der Waals surface area (Å²) >= 11 is 1.90. The Morgan fingerprint density at radius 3 is 2.76 bits per heavy atom. The van der Waals surface area contributed by atoms with Gasteiger partial charge in [0.15, 0.2) is 0 Å². The highest BCUT2D eigenvalue weighted by Crippen LogP contribution is 2.27. The Hall–Kier alpha value is -1.45. The summed E-state index contributed by atoms with van der Waals surface area (Å²) in [5.41, 5.74) is 9.82. The SMILES string of the molecule is CC(N)c1ccc(SCCc2ccc3c(c2)CCO3)cc1. The lowest BCUT2D eigenvalue weighted by Crippen LogP contribution is -2.04. The molecule has 0 aliphatic carbocycles. The smallest absolute Gasteiger partial charge is 0.122 e. The molecule has 0 bridgehead atoms. The number of hydrogen-bond donors (Lipinski definition) is 1. The van der Waals surface area contributed by atoms with Crippen molar-refractivity contribution in [2.24, 2.45) is 5.73 Å². The second-order valence-electron chi connectivity index (χ2n) is 5.50. The Morgan fingerprint density at radius 2 is 2.00 bits per heavy atom. The lowest BCUT2D eigenvalue weighted by molar-refractivity contribution is 0.357. The zero-order valence-corrected chi connectivity index (χ0v) is 13.2. The number of thioether (sulfide) groups is 1. The van der Waals surface area contributed by atoms with Gasteiger partial charge in [-0.05, 0) is 48.2 Å². The van der Waals surface area contributed by atoms with Gasteiger partial charge in [-0.1, -0.05) is 24.3 Å². The lowest BCUT2D eigenvalue weighted by atomic mass is 10.1. The monoisotopic (exact) mass is 299 g/mol. The third-order valence-electron chi connectivity index (χ3n) is 3.82. The molecule has 0 fully saturated rings. The number of rotatable bonds is 5. The molecular formula is C18H21NOS. The molecule has 0 saturated heterocycles. The van der Waals surface area contributed by atoms with Crippen molar-refractivity contribution in [2.75, 3.05) is 12.4 Å². The third-order valence-corrected chi connectivity index (χ3v) is 4.83. The highest BCUT2D eigenvalue weighted by Gasteiger charge is 2.11. The lowest BCUT2D eigenvalue weighted by Gasteiger charge is -2.07. The van der Waals surface area contributed by atoms with Crippen molar-refractivity contribution in [3.8, 4) is 5.75 Å². The van der Waals surface area contributed by atoms with Crippen LogP contribution >= 0.6 is 11.8 Å². The summed E-state index contributed by atoms with van der Waals surface area (Å²) < 4.78 is 5.54. The second kappa shape index (κ2) is 6.54. The van der Waals surface area contributed by atoms with Crippen molar-refractivity contribution >= 4 is 11.8 Å². The van der Waals surface area contributed by atoms with E-state index < -0.39 is 0 Å². The average molecular weight is 299 g/mol. The van der Waals surface area contributed by atoms with Crippen LogP contribution in [-0.4, -0.2) is 12.4 Å². The van der Waals surface area contributed by atoms with E-state index in [1.54, 1.807) is 0 Å². The quantitative estimate of drug-likeness (QED) is 0.848. The molecule has 1 aliphatic rings. The maximum Gasteiger partial charge on any atom is 0.122 e. The maximum atomic E-state index is 5.87. The van der Waals surface area contributed by atoms with Crippen LogP contribution in [0.2, 0.25) is 0 Å². The summed E-state index contributed by atoms with van der Waals surface area (Å²) in [6.07, 6.45) is 2.14. The Bertz CT molecular complexity index is 607. The fourth-order valence-electron chi connectivity index (χ4n) is 2.55. The molecule has 0 radical (unpaired) electrons. The number of fused-ring (bicyclic) bond motifs is 1. The molecule has 1 atom stereocenters. The largest absolute Gasteiger partial charge is 0.493 e. The molecule has 0 saturated carbocycles. The number of ether oxygens (including phenoxy) is 1. The van der Waals surface area contributed by atoms with E-state index in [1.165, 1.54) is 21.6 Å². The topological polar surface area (TPSA) is 35.2 Å². The van der Waals surface area contributed by atoms with Gasteiger partial charge in [0, 0.05) is 23.1 Å². The summed E-state index contributed by atoms with van der Waals surface area (Å²) in [5.74, 6) is 2.16. The highest BCUT2D eigenvalue weighted by atomic mass is 32.2. The minimum Gasteiger partial charge on any atom is -0.493 e. The summed E-state index contributed by atoms with van der Waals surface area (Å²) in [6.45, 7) is 2.85. The van der Waals surface area contributed by atoms with Crippen LogP contribution in [0.25, 0.3) is 0 Å². The summed E-state index contributed by atoms with van der Waals surface area (Å²) in [4.78, 5) is 1.31. The van der Waals surface area contributed by atoms with Crippen LogP contribution in [-0.2, 0) is 12.8 Å². The first-order valence-corrected chi connectivity index (χ1v) is 8.44. The average Bonchev–Trinajstić information content (AvgIpc) is 2.95. The van der Waals surface area contributed by atoms with Gasteiger partial charge in [0.1, 0.15) is 5.75 Å². The fourth-order valence-corrected chi connectivity index (χ4v) is 3.45. The number of hydrogen-bond acceptors (Lipinski definition) is 3. The van der Waals surface area contributed by atoms with Gasteiger partial charge in [0.25, 0.3) is 0 Å². The van der Waals surface area contributed by atoms with E-state index in [4.69, 9.17) is 10.5 Å². The van der Waals surface area contributed by atoms with Crippen molar-refractivity contribution in [3.63, 3.8) is 0 Å². The van der Waals surface area contributed by atoms with Gasteiger partial charge >= 0.3 is 0 Å². The number of nitrogens with two attached hydrogens (primary N) is 1. The van der Waals surface area contributed by atoms with E-state index in [1.807, 2.05) is 18.7 Å². The van der Waals surface area contributed by atoms with Crippen LogP contribution in [0.1, 0.15) is 29.7 Å². The Balaban J connectivity index is 1.54. The molecular weight excluding hydrogens is 278 g/mol. The van der Waals surface area contributed by atoms with Gasteiger partial charge in [-0.3, -0.25) is 0 Å². The van der Waals surface area contributed by atoms with Gasteiger partial charge in [-0.15, -0.1) is 11.8 Å². The predicted molar refractivity (Wildman–Crippen MR) is 89.1 cm³/mol. The van der Waals surface area contributed by atoms with Crippen LogP contribution < -0.4 is 10.5 Å².